The topological polar surface area (TPSA) is 86.7 Å². The first-order valence-corrected chi connectivity index (χ1v) is 5.52. The van der Waals surface area contributed by atoms with E-state index in [0.29, 0.717) is 11.8 Å². The minimum Gasteiger partial charge on any atom is -0.481 e. The second-order valence-corrected chi connectivity index (χ2v) is 4.36. The molecule has 1 aliphatic heterocycles. The van der Waals surface area contributed by atoms with Crippen molar-refractivity contribution >= 4 is 17.9 Å². The Hall–Kier alpha value is -1.80. The van der Waals surface area contributed by atoms with Crippen LogP contribution in [0.15, 0.2) is 0 Å². The SMILES string of the molecule is CC1(C(F)(F)F)NC(=O)N(CCCCC(=O)O)C1=O. The fourth-order valence-corrected chi connectivity index (χ4v) is 1.64. The van der Waals surface area contributed by atoms with Crippen molar-refractivity contribution in [2.24, 2.45) is 0 Å². The molecular weight excluding hydrogens is 269 g/mol. The van der Waals surface area contributed by atoms with Gasteiger partial charge in [0.1, 0.15) is 0 Å². The van der Waals surface area contributed by atoms with Crippen LogP contribution in [0.3, 0.4) is 0 Å². The number of carbonyl (C=O) groups excluding carboxylic acids is 2. The average molecular weight is 282 g/mol. The van der Waals surface area contributed by atoms with Crippen LogP contribution in [0.4, 0.5) is 18.0 Å². The van der Waals surface area contributed by atoms with Crippen molar-refractivity contribution in [1.29, 1.82) is 0 Å². The lowest BCUT2D eigenvalue weighted by molar-refractivity contribution is -0.191. The third kappa shape index (κ3) is 2.96. The predicted octanol–water partition coefficient (Wildman–Crippen LogP) is 1.11. The van der Waals surface area contributed by atoms with Gasteiger partial charge in [-0.25, -0.2) is 4.79 Å². The Labute approximate surface area is 106 Å². The fourth-order valence-electron chi connectivity index (χ4n) is 1.64. The molecule has 0 bridgehead atoms. The highest BCUT2D eigenvalue weighted by atomic mass is 19.4. The summed E-state index contributed by atoms with van der Waals surface area (Å²) in [5.41, 5.74) is -2.91. The molecule has 0 aromatic rings. The molecule has 108 valence electrons. The number of carbonyl (C=O) groups is 3. The molecule has 0 aliphatic carbocycles. The van der Waals surface area contributed by atoms with Gasteiger partial charge in [-0.1, -0.05) is 0 Å². The summed E-state index contributed by atoms with van der Waals surface area (Å²) < 4.78 is 38.1. The molecule has 19 heavy (non-hydrogen) atoms. The summed E-state index contributed by atoms with van der Waals surface area (Å²) in [6.45, 7) is 0.369. The second kappa shape index (κ2) is 5.06. The lowest BCUT2D eigenvalue weighted by atomic mass is 10.0. The third-order valence-corrected chi connectivity index (χ3v) is 2.86. The first-order valence-electron chi connectivity index (χ1n) is 5.52. The number of carboxylic acid groups (broad SMARTS) is 1. The Morgan fingerprint density at radius 2 is 1.95 bits per heavy atom. The number of alkyl halides is 3. The lowest BCUT2D eigenvalue weighted by Crippen LogP contribution is -2.56. The molecule has 0 spiro atoms. The average Bonchev–Trinajstić information content (AvgIpc) is 2.46. The number of carboxylic acids is 1. The third-order valence-electron chi connectivity index (χ3n) is 2.86. The maximum absolute atomic E-state index is 12.7. The van der Waals surface area contributed by atoms with Crippen LogP contribution in [0.2, 0.25) is 0 Å². The second-order valence-electron chi connectivity index (χ2n) is 4.36. The molecule has 3 amide bonds. The zero-order valence-corrected chi connectivity index (χ0v) is 10.1. The Morgan fingerprint density at radius 1 is 1.37 bits per heavy atom. The number of hydrogen-bond donors (Lipinski definition) is 2. The minimum atomic E-state index is -4.88. The van der Waals surface area contributed by atoms with Crippen LogP contribution in [0.5, 0.6) is 0 Å². The normalized spacial score (nSPS) is 23.7. The van der Waals surface area contributed by atoms with Gasteiger partial charge < -0.3 is 10.4 Å². The highest BCUT2D eigenvalue weighted by Crippen LogP contribution is 2.35. The van der Waals surface area contributed by atoms with Crippen LogP contribution >= 0.6 is 0 Å². The van der Waals surface area contributed by atoms with Crippen molar-refractivity contribution in [2.45, 2.75) is 37.9 Å². The van der Waals surface area contributed by atoms with E-state index in [-0.39, 0.29) is 25.8 Å². The number of halogens is 3. The van der Waals surface area contributed by atoms with E-state index < -0.39 is 29.6 Å². The van der Waals surface area contributed by atoms with E-state index in [0.717, 1.165) is 0 Å². The number of imide groups is 1. The molecule has 0 radical (unpaired) electrons. The highest BCUT2D eigenvalue weighted by molar-refractivity contribution is 6.07. The maximum atomic E-state index is 12.7. The summed E-state index contributed by atoms with van der Waals surface area (Å²) in [5.74, 6) is -2.40. The van der Waals surface area contributed by atoms with Crippen molar-refractivity contribution < 1.29 is 32.7 Å². The van der Waals surface area contributed by atoms with Crippen molar-refractivity contribution in [2.75, 3.05) is 6.54 Å². The molecule has 1 atom stereocenters. The Morgan fingerprint density at radius 3 is 2.37 bits per heavy atom. The molecule has 2 N–H and O–H groups in total. The minimum absolute atomic E-state index is 0.138. The van der Waals surface area contributed by atoms with Gasteiger partial charge in [0, 0.05) is 13.0 Å². The maximum Gasteiger partial charge on any atom is 0.420 e. The number of unbranched alkanes of at least 4 members (excludes halogenated alkanes) is 1. The van der Waals surface area contributed by atoms with Crippen molar-refractivity contribution in [3.8, 4) is 0 Å². The quantitative estimate of drug-likeness (QED) is 0.584. The van der Waals surface area contributed by atoms with Crippen molar-refractivity contribution in [3.63, 3.8) is 0 Å². The van der Waals surface area contributed by atoms with Gasteiger partial charge in [-0.2, -0.15) is 13.2 Å². The van der Waals surface area contributed by atoms with Gasteiger partial charge in [-0.05, 0) is 19.8 Å². The fraction of sp³-hybridized carbons (Fsp3) is 0.700. The van der Waals surface area contributed by atoms with Crippen LogP contribution in [0.1, 0.15) is 26.2 Å². The number of aliphatic carboxylic acids is 1. The van der Waals surface area contributed by atoms with E-state index in [1.54, 1.807) is 5.32 Å². The van der Waals surface area contributed by atoms with Crippen LogP contribution in [-0.2, 0) is 9.59 Å². The molecular formula is C10H13F3N2O4. The van der Waals surface area contributed by atoms with Crippen molar-refractivity contribution in [1.82, 2.24) is 10.2 Å². The van der Waals surface area contributed by atoms with Gasteiger partial charge >= 0.3 is 18.2 Å². The molecule has 1 fully saturated rings. The molecule has 6 nitrogen and oxygen atoms in total. The summed E-state index contributed by atoms with van der Waals surface area (Å²) in [4.78, 5) is 33.7. The first-order chi connectivity index (χ1) is 8.59. The number of hydrogen-bond acceptors (Lipinski definition) is 3. The smallest absolute Gasteiger partial charge is 0.420 e. The summed E-state index contributed by atoms with van der Waals surface area (Å²) in [6.07, 6.45) is -4.73. The first kappa shape index (κ1) is 15.3. The van der Waals surface area contributed by atoms with E-state index in [4.69, 9.17) is 5.11 Å². The van der Waals surface area contributed by atoms with E-state index in [9.17, 15) is 27.6 Å². The number of urea groups is 1. The van der Waals surface area contributed by atoms with Crippen LogP contribution in [0, 0.1) is 0 Å². The van der Waals surface area contributed by atoms with Crippen LogP contribution in [0.25, 0.3) is 0 Å². The summed E-state index contributed by atoms with van der Waals surface area (Å²) in [5, 5.41) is 10.0. The van der Waals surface area contributed by atoms with Gasteiger partial charge in [0.15, 0.2) is 0 Å². The molecule has 0 aromatic carbocycles. The van der Waals surface area contributed by atoms with Gasteiger partial charge in [-0.15, -0.1) is 0 Å². The van der Waals surface area contributed by atoms with Gasteiger partial charge in [0.05, 0.1) is 0 Å². The molecule has 1 heterocycles. The molecule has 0 saturated carbocycles. The summed E-state index contributed by atoms with van der Waals surface area (Å²) in [7, 11) is 0. The molecule has 9 heteroatoms. The predicted molar refractivity (Wildman–Crippen MR) is 56.2 cm³/mol. The molecule has 0 aromatic heterocycles. The number of nitrogens with zero attached hydrogens (tertiary/aromatic N) is 1. The molecule has 1 unspecified atom stereocenters. The molecule has 1 saturated heterocycles. The van der Waals surface area contributed by atoms with Crippen molar-refractivity contribution in [3.05, 3.63) is 0 Å². The Balaban J connectivity index is 2.65. The number of amides is 3. The molecule has 1 rings (SSSR count). The number of rotatable bonds is 5. The van der Waals surface area contributed by atoms with Gasteiger partial charge in [-0.3, -0.25) is 14.5 Å². The lowest BCUT2D eigenvalue weighted by Gasteiger charge is -2.24. The Bertz CT molecular complexity index is 410. The van der Waals surface area contributed by atoms with Crippen LogP contribution in [-0.4, -0.2) is 46.2 Å². The van der Waals surface area contributed by atoms with Gasteiger partial charge in [0.2, 0.25) is 5.54 Å². The summed E-state index contributed by atoms with van der Waals surface area (Å²) >= 11 is 0. The Kier molecular flexibility index (Phi) is 4.06. The van der Waals surface area contributed by atoms with E-state index in [1.165, 1.54) is 0 Å². The van der Waals surface area contributed by atoms with E-state index in [2.05, 4.69) is 0 Å². The van der Waals surface area contributed by atoms with E-state index >= 15 is 0 Å². The van der Waals surface area contributed by atoms with Crippen LogP contribution < -0.4 is 5.32 Å². The largest absolute Gasteiger partial charge is 0.481 e. The highest BCUT2D eigenvalue weighted by Gasteiger charge is 2.64. The van der Waals surface area contributed by atoms with Gasteiger partial charge in [0.25, 0.3) is 5.91 Å². The number of nitrogens with one attached hydrogen (secondary N) is 1. The zero-order chi connectivity index (χ0) is 14.8. The zero-order valence-electron chi connectivity index (χ0n) is 10.1. The molecule has 1 aliphatic rings. The van der Waals surface area contributed by atoms with E-state index in [1.807, 2.05) is 0 Å². The monoisotopic (exact) mass is 282 g/mol. The standard InChI is InChI=1S/C10H13F3N2O4/c1-9(10(11,12)13)7(18)15(8(19)14-9)5-3-2-4-6(16)17/h2-5H2,1H3,(H,14,19)(H,16,17). The summed E-state index contributed by atoms with van der Waals surface area (Å²) in [6, 6.07) is -1.11.